The van der Waals surface area contributed by atoms with Gasteiger partial charge in [0.15, 0.2) is 0 Å². The number of carbonyl (C=O) groups is 2. The number of carbonyl (C=O) groups excluding carboxylic acids is 2. The Morgan fingerprint density at radius 2 is 1.79 bits per heavy atom. The van der Waals surface area contributed by atoms with Crippen LogP contribution in [0.25, 0.3) is 0 Å². The molecule has 0 saturated carbocycles. The van der Waals surface area contributed by atoms with Crippen molar-refractivity contribution in [2.45, 2.75) is 31.3 Å². The van der Waals surface area contributed by atoms with Gasteiger partial charge in [-0.3, -0.25) is 9.59 Å². The monoisotopic (exact) mass is 321 g/mol. The lowest BCUT2D eigenvalue weighted by molar-refractivity contribution is -0.154. The third-order valence-electron chi connectivity index (χ3n) is 4.87. The molecule has 122 valence electrons. The Hall–Kier alpha value is -2.62. The number of nitrogens with zero attached hydrogens (tertiary/aromatic N) is 1. The number of hydrogen-bond donors (Lipinski definition) is 0. The minimum atomic E-state index is -0.138. The fourth-order valence-electron chi connectivity index (χ4n) is 3.70. The highest BCUT2D eigenvalue weighted by molar-refractivity contribution is 6.07. The van der Waals surface area contributed by atoms with Crippen LogP contribution in [0.4, 0.5) is 5.69 Å². The van der Waals surface area contributed by atoms with Crippen molar-refractivity contribution in [3.05, 3.63) is 65.7 Å². The van der Waals surface area contributed by atoms with Crippen LogP contribution in [0.15, 0.2) is 54.6 Å². The number of ether oxygens (including phenoxy) is 1. The summed E-state index contributed by atoms with van der Waals surface area (Å²) in [5.74, 6) is -0.0811. The molecule has 0 N–H and O–H groups in total. The van der Waals surface area contributed by atoms with Gasteiger partial charge in [-0.15, -0.1) is 0 Å². The molecule has 4 heteroatoms. The predicted molar refractivity (Wildman–Crippen MR) is 91.0 cm³/mol. The average molecular weight is 321 g/mol. The number of para-hydroxylation sites is 1. The van der Waals surface area contributed by atoms with Gasteiger partial charge < -0.3 is 9.64 Å². The topological polar surface area (TPSA) is 46.6 Å². The molecule has 1 fully saturated rings. The van der Waals surface area contributed by atoms with Gasteiger partial charge in [-0.05, 0) is 36.6 Å². The molecule has 2 heterocycles. The zero-order chi connectivity index (χ0) is 16.5. The Labute approximate surface area is 141 Å². The molecule has 0 radical (unpaired) electrons. The normalized spacial score (nSPS) is 22.8. The van der Waals surface area contributed by atoms with E-state index >= 15 is 0 Å². The number of cyclic esters (lactones) is 1. The zero-order valence-corrected chi connectivity index (χ0v) is 13.4. The van der Waals surface area contributed by atoms with Gasteiger partial charge in [0.05, 0.1) is 0 Å². The summed E-state index contributed by atoms with van der Waals surface area (Å²) in [6.07, 6.45) is 2.07. The molecule has 24 heavy (non-hydrogen) atoms. The maximum atomic E-state index is 12.9. The van der Waals surface area contributed by atoms with E-state index in [1.807, 2.05) is 59.5 Å². The molecule has 0 aliphatic carbocycles. The van der Waals surface area contributed by atoms with Crippen molar-refractivity contribution in [3.8, 4) is 0 Å². The first-order valence-corrected chi connectivity index (χ1v) is 8.39. The van der Waals surface area contributed by atoms with Crippen molar-refractivity contribution < 1.29 is 14.3 Å². The van der Waals surface area contributed by atoms with Crippen LogP contribution < -0.4 is 4.90 Å². The van der Waals surface area contributed by atoms with Crippen LogP contribution in [0, 0.1) is 0 Å². The van der Waals surface area contributed by atoms with Crippen LogP contribution in [-0.4, -0.2) is 24.5 Å². The van der Waals surface area contributed by atoms with E-state index in [1.165, 1.54) is 0 Å². The smallest absolute Gasteiger partial charge is 0.306 e. The molecule has 0 spiro atoms. The summed E-state index contributed by atoms with van der Waals surface area (Å²) in [5.41, 5.74) is 2.70. The maximum Gasteiger partial charge on any atom is 0.306 e. The van der Waals surface area contributed by atoms with Gasteiger partial charge in [-0.25, -0.2) is 0 Å². The minimum absolute atomic E-state index is 0.00677. The lowest BCUT2D eigenvalue weighted by atomic mass is 9.91. The Kier molecular flexibility index (Phi) is 3.81. The number of rotatable bonds is 2. The van der Waals surface area contributed by atoms with Gasteiger partial charge in [0, 0.05) is 30.1 Å². The molecule has 2 aromatic carbocycles. The molecule has 0 aromatic heterocycles. The van der Waals surface area contributed by atoms with Gasteiger partial charge in [0.1, 0.15) is 6.10 Å². The van der Waals surface area contributed by atoms with Crippen LogP contribution in [-0.2, 0) is 9.53 Å². The predicted octanol–water partition coefficient (Wildman–Crippen LogP) is 3.53. The van der Waals surface area contributed by atoms with Crippen molar-refractivity contribution in [1.29, 1.82) is 0 Å². The molecule has 1 saturated heterocycles. The van der Waals surface area contributed by atoms with Gasteiger partial charge in [-0.1, -0.05) is 36.4 Å². The second-order valence-electron chi connectivity index (χ2n) is 6.37. The molecule has 2 unspecified atom stereocenters. The quantitative estimate of drug-likeness (QED) is 0.795. The van der Waals surface area contributed by atoms with E-state index in [0.29, 0.717) is 18.5 Å². The molecule has 2 atom stereocenters. The van der Waals surface area contributed by atoms with Crippen LogP contribution in [0.1, 0.15) is 41.1 Å². The first-order chi connectivity index (χ1) is 11.7. The second kappa shape index (κ2) is 6.11. The van der Waals surface area contributed by atoms with Gasteiger partial charge in [0.25, 0.3) is 5.91 Å². The third-order valence-corrected chi connectivity index (χ3v) is 4.87. The van der Waals surface area contributed by atoms with E-state index in [-0.39, 0.29) is 23.9 Å². The van der Waals surface area contributed by atoms with Crippen LogP contribution in [0.3, 0.4) is 0 Å². The van der Waals surface area contributed by atoms with Crippen LogP contribution in [0.2, 0.25) is 0 Å². The Morgan fingerprint density at radius 1 is 1.04 bits per heavy atom. The summed E-state index contributed by atoms with van der Waals surface area (Å²) in [6.45, 7) is 0.561. The summed E-state index contributed by atoms with van der Waals surface area (Å²) in [4.78, 5) is 26.4. The molecule has 2 aromatic rings. The largest absolute Gasteiger partial charge is 0.462 e. The van der Waals surface area contributed by atoms with Crippen LogP contribution >= 0.6 is 0 Å². The molecular weight excluding hydrogens is 302 g/mol. The molecule has 2 aliphatic heterocycles. The van der Waals surface area contributed by atoms with E-state index in [0.717, 1.165) is 24.1 Å². The maximum absolute atomic E-state index is 12.9. The highest BCUT2D eigenvalue weighted by Crippen LogP contribution is 2.41. The van der Waals surface area contributed by atoms with E-state index in [4.69, 9.17) is 4.74 Å². The second-order valence-corrected chi connectivity index (χ2v) is 6.37. The molecular formula is C20H19NO3. The summed E-state index contributed by atoms with van der Waals surface area (Å²) in [6, 6.07) is 17.2. The number of hydrogen-bond acceptors (Lipinski definition) is 3. The van der Waals surface area contributed by atoms with Crippen LogP contribution in [0.5, 0.6) is 0 Å². The first-order valence-electron chi connectivity index (χ1n) is 8.39. The third kappa shape index (κ3) is 2.58. The molecule has 0 bridgehead atoms. The highest BCUT2D eigenvalue weighted by atomic mass is 16.5. The summed E-state index contributed by atoms with van der Waals surface area (Å²) in [7, 11) is 0. The lowest BCUT2D eigenvalue weighted by Gasteiger charge is -2.28. The number of benzene rings is 2. The summed E-state index contributed by atoms with van der Waals surface area (Å²) >= 11 is 0. The molecule has 4 rings (SSSR count). The number of esters is 1. The molecule has 2 aliphatic rings. The first kappa shape index (κ1) is 14.9. The highest BCUT2D eigenvalue weighted by Gasteiger charge is 2.39. The Balaban J connectivity index is 1.66. The van der Waals surface area contributed by atoms with E-state index in [2.05, 4.69) is 0 Å². The standard InChI is InChI=1S/C20H19NO3/c22-19-12-6-11-18(24-19)16-13-21(17-10-5-4-9-15(16)17)20(23)14-7-2-1-3-8-14/h1-5,7-10,16,18H,6,11-13H2. The summed E-state index contributed by atoms with van der Waals surface area (Å²) < 4.78 is 5.58. The van der Waals surface area contributed by atoms with Gasteiger partial charge in [0.2, 0.25) is 0 Å². The van der Waals surface area contributed by atoms with Gasteiger partial charge >= 0.3 is 5.97 Å². The van der Waals surface area contributed by atoms with E-state index in [1.54, 1.807) is 0 Å². The fourth-order valence-corrected chi connectivity index (χ4v) is 3.70. The minimum Gasteiger partial charge on any atom is -0.462 e. The number of fused-ring (bicyclic) bond motifs is 1. The van der Waals surface area contributed by atoms with Crippen molar-refractivity contribution in [3.63, 3.8) is 0 Å². The average Bonchev–Trinajstić information content (AvgIpc) is 3.01. The lowest BCUT2D eigenvalue weighted by Crippen LogP contribution is -2.35. The van der Waals surface area contributed by atoms with Crippen molar-refractivity contribution in [2.75, 3.05) is 11.4 Å². The molecule has 1 amide bonds. The van der Waals surface area contributed by atoms with E-state index in [9.17, 15) is 9.59 Å². The van der Waals surface area contributed by atoms with Crippen molar-refractivity contribution in [2.24, 2.45) is 0 Å². The Bertz CT molecular complexity index is 771. The number of amides is 1. The summed E-state index contributed by atoms with van der Waals surface area (Å²) in [5, 5.41) is 0. The van der Waals surface area contributed by atoms with Crippen molar-refractivity contribution >= 4 is 17.6 Å². The zero-order valence-electron chi connectivity index (χ0n) is 13.4. The van der Waals surface area contributed by atoms with E-state index < -0.39 is 0 Å². The fraction of sp³-hybridized carbons (Fsp3) is 0.300. The van der Waals surface area contributed by atoms with Crippen molar-refractivity contribution in [1.82, 2.24) is 0 Å². The van der Waals surface area contributed by atoms with Gasteiger partial charge in [-0.2, -0.15) is 0 Å². The Morgan fingerprint density at radius 3 is 2.58 bits per heavy atom. The number of anilines is 1. The SMILES string of the molecule is O=C1CCCC(C2CN(C(=O)c3ccccc3)c3ccccc32)O1. The molecule has 4 nitrogen and oxygen atoms in total.